The number of hydrogen-bond acceptors (Lipinski definition) is 9. The zero-order chi connectivity index (χ0) is 42.9. The highest BCUT2D eigenvalue weighted by Crippen LogP contribution is 2.42. The van der Waals surface area contributed by atoms with Gasteiger partial charge < -0.3 is 30.5 Å². The standard InChI is InChI=1S/C44H52BF2N6O6S/c1-24(26-6-8-27(9-7-26)32-14-17-48-34-13-12-30(46)19-33(32)34)39(55)52-45-59-36-18-28(37-25(2)50-23-60-37)10-11-29(36)21-49-40(56)35-20-31(54)22-53(35)41(57)38(43(3,4)5)51-42(58)44(47)15-16-44/h10-14,17-19,23-24,26-27,31,35,38,54H,6-9,15-16,20-22H2,1-5H3,(H,49,56)(H,51,58)(H,52,55). The van der Waals surface area contributed by atoms with Crippen LogP contribution in [0.4, 0.5) is 8.78 Å². The fourth-order valence-electron chi connectivity index (χ4n) is 8.47. The van der Waals surface area contributed by atoms with E-state index in [1.165, 1.54) is 29.9 Å². The molecule has 0 spiro atoms. The molecule has 4 unspecified atom stereocenters. The summed E-state index contributed by atoms with van der Waals surface area (Å²) in [5.74, 6) is -1.93. The number of aromatic nitrogens is 2. The predicted octanol–water partition coefficient (Wildman–Crippen LogP) is 6.06. The zero-order valence-electron chi connectivity index (χ0n) is 34.6. The van der Waals surface area contributed by atoms with Crippen LogP contribution in [0.25, 0.3) is 21.3 Å². The molecule has 2 saturated carbocycles. The summed E-state index contributed by atoms with van der Waals surface area (Å²) in [6.07, 6.45) is 4.39. The van der Waals surface area contributed by atoms with Gasteiger partial charge in [-0.05, 0) is 104 Å². The van der Waals surface area contributed by atoms with E-state index in [-0.39, 0.29) is 61.8 Å². The SMILES string of the molecule is Cc1ncsc1-c1ccc(CNC(=O)C2CC(O)CN2C(=O)C(NC(=O)C2(F)CC2)C(C)(C)C)c(O[B]NC(=O)C(C)C2CCC(c3ccnc4ccc(F)cc34)CC2)c1. The minimum atomic E-state index is -1.99. The molecule has 3 heterocycles. The largest absolute Gasteiger partial charge is 0.543 e. The van der Waals surface area contributed by atoms with Crippen molar-refractivity contribution in [1.82, 2.24) is 30.7 Å². The molecule has 4 amide bonds. The number of halogens is 2. The zero-order valence-corrected chi connectivity index (χ0v) is 35.4. The summed E-state index contributed by atoms with van der Waals surface area (Å²) in [5.41, 5.74) is 3.07. The summed E-state index contributed by atoms with van der Waals surface area (Å²) in [4.78, 5) is 64.7. The van der Waals surface area contributed by atoms with Crippen molar-refractivity contribution in [3.05, 3.63) is 76.8 Å². The Morgan fingerprint density at radius 2 is 1.82 bits per heavy atom. The number of alkyl halides is 1. The van der Waals surface area contributed by atoms with Crippen molar-refractivity contribution >= 4 is 53.5 Å². The molecule has 3 fully saturated rings. The molecule has 3 aliphatic rings. The van der Waals surface area contributed by atoms with Crippen LogP contribution >= 0.6 is 11.3 Å². The second kappa shape index (κ2) is 17.6. The topological polar surface area (TPSA) is 163 Å². The lowest BCUT2D eigenvalue weighted by Gasteiger charge is -2.35. The quantitative estimate of drug-likeness (QED) is 0.118. The van der Waals surface area contributed by atoms with Crippen molar-refractivity contribution in [2.24, 2.45) is 17.3 Å². The Labute approximate surface area is 353 Å². The van der Waals surface area contributed by atoms with E-state index in [4.69, 9.17) is 4.65 Å². The number of aryl methyl sites for hydroxylation is 1. The number of aliphatic hydroxyl groups is 1. The average molecular weight is 842 g/mol. The van der Waals surface area contributed by atoms with Gasteiger partial charge in [-0.2, -0.15) is 0 Å². The van der Waals surface area contributed by atoms with Gasteiger partial charge >= 0.3 is 7.62 Å². The van der Waals surface area contributed by atoms with Gasteiger partial charge in [-0.15, -0.1) is 11.3 Å². The Morgan fingerprint density at radius 1 is 1.07 bits per heavy atom. The molecular weight excluding hydrogens is 789 g/mol. The number of carbonyl (C=O) groups is 4. The molecule has 0 bridgehead atoms. The highest BCUT2D eigenvalue weighted by molar-refractivity contribution is 7.13. The number of β-amino-alcohol motifs (C(OH)–C–C–N with tert-alkyl or cyclic N) is 1. The Kier molecular flexibility index (Phi) is 12.6. The number of aliphatic hydroxyl groups excluding tert-OH is 1. The number of likely N-dealkylation sites (tertiary alicyclic amines) is 1. The smallest absolute Gasteiger partial charge is 0.520 e. The van der Waals surface area contributed by atoms with E-state index in [1.54, 1.807) is 44.6 Å². The first-order valence-corrected chi connectivity index (χ1v) is 21.5. The van der Waals surface area contributed by atoms with Crippen molar-refractivity contribution in [3.63, 3.8) is 0 Å². The number of benzene rings is 2. The maximum atomic E-state index is 14.6. The van der Waals surface area contributed by atoms with E-state index in [9.17, 15) is 33.1 Å². The number of fused-ring (bicyclic) bond motifs is 1. The summed E-state index contributed by atoms with van der Waals surface area (Å²) in [6.45, 7) is 8.93. The Bertz CT molecular complexity index is 2260. The normalized spacial score (nSPS) is 22.1. The molecule has 2 aliphatic carbocycles. The van der Waals surface area contributed by atoms with E-state index >= 15 is 0 Å². The van der Waals surface area contributed by atoms with Gasteiger partial charge in [-0.25, -0.2) is 13.8 Å². The minimum absolute atomic E-state index is 0.00458. The molecule has 16 heteroatoms. The summed E-state index contributed by atoms with van der Waals surface area (Å²) in [7, 11) is 1.25. The predicted molar refractivity (Wildman–Crippen MR) is 225 cm³/mol. The van der Waals surface area contributed by atoms with Crippen LogP contribution in [0.5, 0.6) is 5.75 Å². The average Bonchev–Trinajstić information content (AvgIpc) is 3.63. The molecule has 2 aromatic heterocycles. The van der Waals surface area contributed by atoms with E-state index in [0.717, 1.165) is 58.3 Å². The van der Waals surface area contributed by atoms with E-state index in [2.05, 4.69) is 25.8 Å². The van der Waals surface area contributed by atoms with Gasteiger partial charge in [0.2, 0.25) is 17.7 Å². The van der Waals surface area contributed by atoms with Crippen LogP contribution in [0.1, 0.15) is 95.4 Å². The summed E-state index contributed by atoms with van der Waals surface area (Å²) in [5, 5.41) is 19.7. The Morgan fingerprint density at radius 3 is 2.50 bits per heavy atom. The maximum absolute atomic E-state index is 14.6. The number of carbonyl (C=O) groups excluding carboxylic acids is 4. The first-order chi connectivity index (χ1) is 28.5. The fraction of sp³-hybridized carbons (Fsp3) is 0.500. The molecule has 1 radical (unpaired) electrons. The van der Waals surface area contributed by atoms with Gasteiger partial charge in [0.05, 0.1) is 27.7 Å². The second-order valence-electron chi connectivity index (χ2n) is 17.6. The second-order valence-corrected chi connectivity index (χ2v) is 18.5. The van der Waals surface area contributed by atoms with Crippen molar-refractivity contribution in [1.29, 1.82) is 0 Å². The molecule has 12 nitrogen and oxygen atoms in total. The van der Waals surface area contributed by atoms with Gasteiger partial charge in [0, 0.05) is 42.6 Å². The summed E-state index contributed by atoms with van der Waals surface area (Å²) < 4.78 is 34.8. The number of rotatable bonds is 13. The van der Waals surface area contributed by atoms with Gasteiger partial charge in [0.1, 0.15) is 23.7 Å². The molecule has 1 saturated heterocycles. The minimum Gasteiger partial charge on any atom is -0.543 e. The number of nitrogens with zero attached hydrogens (tertiary/aromatic N) is 3. The molecule has 2 aromatic carbocycles. The van der Waals surface area contributed by atoms with E-state index in [0.29, 0.717) is 11.3 Å². The van der Waals surface area contributed by atoms with Crippen molar-refractivity contribution in [2.45, 2.75) is 116 Å². The van der Waals surface area contributed by atoms with Crippen molar-refractivity contribution in [2.75, 3.05) is 6.54 Å². The Hall–Kier alpha value is -4.96. The first-order valence-electron chi connectivity index (χ1n) is 20.6. The number of hydrogen-bond donors (Lipinski definition) is 4. The molecule has 4 aromatic rings. The monoisotopic (exact) mass is 841 g/mol. The number of amides is 4. The fourth-order valence-corrected chi connectivity index (χ4v) is 9.27. The van der Waals surface area contributed by atoms with Crippen LogP contribution < -0.4 is 20.5 Å². The third-order valence-corrected chi connectivity index (χ3v) is 13.3. The molecular formula is C44H52BF2N6O6S. The van der Waals surface area contributed by atoms with Crippen LogP contribution in [-0.2, 0) is 25.7 Å². The van der Waals surface area contributed by atoms with E-state index < -0.39 is 47.0 Å². The highest BCUT2D eigenvalue weighted by Gasteiger charge is 2.53. The highest BCUT2D eigenvalue weighted by atomic mass is 32.1. The third-order valence-electron chi connectivity index (χ3n) is 12.3. The third kappa shape index (κ3) is 9.49. The van der Waals surface area contributed by atoms with Crippen molar-refractivity contribution in [3.8, 4) is 16.2 Å². The van der Waals surface area contributed by atoms with Crippen LogP contribution in [0, 0.1) is 30.0 Å². The van der Waals surface area contributed by atoms with E-state index in [1.807, 2.05) is 38.1 Å². The summed E-state index contributed by atoms with van der Waals surface area (Å²) in [6, 6.07) is 10.0. The first kappa shape index (κ1) is 43.1. The number of thiazole rings is 1. The molecule has 4 atom stereocenters. The van der Waals surface area contributed by atoms with Gasteiger partial charge in [-0.1, -0.05) is 39.8 Å². The molecule has 1 aliphatic heterocycles. The maximum Gasteiger partial charge on any atom is 0.520 e. The van der Waals surface area contributed by atoms with Crippen LogP contribution in [0.3, 0.4) is 0 Å². The van der Waals surface area contributed by atoms with Gasteiger partial charge in [-0.3, -0.25) is 24.2 Å². The van der Waals surface area contributed by atoms with Gasteiger partial charge in [0.25, 0.3) is 5.91 Å². The lowest BCUT2D eigenvalue weighted by molar-refractivity contribution is -0.145. The lowest BCUT2D eigenvalue weighted by Crippen LogP contribution is -2.59. The number of pyridine rings is 1. The Balaban J connectivity index is 0.983. The summed E-state index contributed by atoms with van der Waals surface area (Å²) >= 11 is 1.47. The molecule has 7 rings (SSSR count). The molecule has 60 heavy (non-hydrogen) atoms. The van der Waals surface area contributed by atoms with Gasteiger partial charge in [0.15, 0.2) is 5.67 Å². The van der Waals surface area contributed by atoms with Crippen LogP contribution in [-0.4, -0.2) is 81.6 Å². The lowest BCUT2D eigenvalue weighted by atomic mass is 9.73. The number of nitrogens with one attached hydrogen (secondary N) is 3. The van der Waals surface area contributed by atoms with Crippen LogP contribution in [0.2, 0.25) is 0 Å². The van der Waals surface area contributed by atoms with Crippen molar-refractivity contribution < 1.29 is 37.7 Å². The molecule has 4 N–H and O–H groups in total. The van der Waals surface area contributed by atoms with Crippen LogP contribution in [0.15, 0.2) is 54.2 Å². The molecule has 317 valence electrons.